The van der Waals surface area contributed by atoms with Gasteiger partial charge in [-0.3, -0.25) is 28.8 Å². The summed E-state index contributed by atoms with van der Waals surface area (Å²) >= 11 is 0. The molecule has 2 N–H and O–H groups in total. The van der Waals surface area contributed by atoms with E-state index in [0.29, 0.717) is 32.1 Å². The predicted octanol–water partition coefficient (Wildman–Crippen LogP) is 7.51. The molecular weight excluding hydrogens is 825 g/mol. The summed E-state index contributed by atoms with van der Waals surface area (Å²) in [5, 5.41) is 15.5. The lowest BCUT2D eigenvalue weighted by Gasteiger charge is -2.36. The lowest BCUT2D eigenvalue weighted by molar-refractivity contribution is -0.163. The van der Waals surface area contributed by atoms with Crippen molar-refractivity contribution in [3.8, 4) is 6.07 Å². The number of hydrogen-bond acceptors (Lipinski definition) is 9. The molecule has 5 amide bonds. The smallest absolute Gasteiger partial charge is 0.329 e. The van der Waals surface area contributed by atoms with Crippen molar-refractivity contribution in [1.82, 2.24) is 25.3 Å². The van der Waals surface area contributed by atoms with Crippen molar-refractivity contribution in [2.24, 2.45) is 35.5 Å². The molecule has 2 saturated carbocycles. The number of ketones is 1. The van der Waals surface area contributed by atoms with Gasteiger partial charge in [-0.2, -0.15) is 5.26 Å². The first-order chi connectivity index (χ1) is 30.8. The Labute approximate surface area is 391 Å². The number of nitrogens with zero attached hydrogens (tertiary/aromatic N) is 4. The second-order valence-electron chi connectivity index (χ2n) is 20.9. The van der Waals surface area contributed by atoms with Gasteiger partial charge in [-0.1, -0.05) is 125 Å². The molecule has 1 aliphatic heterocycles. The maximum absolute atomic E-state index is 14.9. The van der Waals surface area contributed by atoms with Crippen LogP contribution in [-0.2, 0) is 38.3 Å². The Morgan fingerprint density at radius 2 is 1.22 bits per heavy atom. The highest BCUT2D eigenvalue weighted by Gasteiger charge is 2.41. The number of ether oxygens (including phenoxy) is 1. The Hall–Kier alpha value is -4.02. The van der Waals surface area contributed by atoms with Gasteiger partial charge in [0, 0.05) is 46.3 Å². The molecule has 0 radical (unpaired) electrons. The van der Waals surface area contributed by atoms with Crippen molar-refractivity contribution in [2.75, 3.05) is 21.1 Å². The van der Waals surface area contributed by atoms with Gasteiger partial charge in [-0.25, -0.2) is 4.79 Å². The van der Waals surface area contributed by atoms with Crippen LogP contribution in [0.2, 0.25) is 0 Å². The third-order valence-electron chi connectivity index (χ3n) is 14.4. The first kappa shape index (κ1) is 55.3. The van der Waals surface area contributed by atoms with Crippen LogP contribution in [0.3, 0.4) is 0 Å². The number of unbranched alkanes of at least 4 members (excludes halogenated alkanes) is 1. The number of amides is 5. The van der Waals surface area contributed by atoms with E-state index in [4.69, 9.17) is 4.74 Å². The van der Waals surface area contributed by atoms with Crippen molar-refractivity contribution in [2.45, 2.75) is 220 Å². The molecule has 8 atom stereocenters. The molecule has 14 heteroatoms. The lowest BCUT2D eigenvalue weighted by atomic mass is 9.83. The molecular formula is C51H86N6O8. The van der Waals surface area contributed by atoms with Crippen molar-refractivity contribution in [3.63, 3.8) is 0 Å². The molecule has 14 nitrogen and oxygen atoms in total. The third-order valence-corrected chi connectivity index (χ3v) is 14.4. The number of rotatable bonds is 15. The Bertz CT molecular complexity index is 1620. The van der Waals surface area contributed by atoms with Crippen LogP contribution in [0.1, 0.15) is 183 Å². The number of hydrogen-bond donors (Lipinski definition) is 2. The van der Waals surface area contributed by atoms with Crippen molar-refractivity contribution in [1.29, 1.82) is 5.26 Å². The fraction of sp³-hybridized carbons (Fsp3) is 0.843. The maximum Gasteiger partial charge on any atom is 0.329 e. The number of esters is 1. The number of nitrogens with one attached hydrogen (secondary N) is 2. The zero-order chi connectivity index (χ0) is 48.4. The van der Waals surface area contributed by atoms with Crippen LogP contribution in [0, 0.1) is 46.8 Å². The molecule has 368 valence electrons. The lowest BCUT2D eigenvalue weighted by Crippen LogP contribution is -2.57. The van der Waals surface area contributed by atoms with Crippen LogP contribution in [0.15, 0.2) is 0 Å². The molecule has 0 bridgehead atoms. The summed E-state index contributed by atoms with van der Waals surface area (Å²) in [5.74, 6) is -4.02. The van der Waals surface area contributed by atoms with Crippen LogP contribution in [0.4, 0.5) is 0 Å². The minimum absolute atomic E-state index is 0.000741. The Balaban J connectivity index is 2.22. The summed E-state index contributed by atoms with van der Waals surface area (Å²) in [6, 6.07) is -3.08. The number of nitriles is 1. The SMILES string of the molecule is CCCC[C@@H](C)CC1NC(=O)[C@H](CC2CCCCC2)N(C)C(=O)[C@H](CC(C)C)CC(=O)[C@H](CC(C)C)N(C)C(=O)[C@H](CC2CCCCC2)NC(=O)[C@@H](CCC#N)OC(=O)[C@H](C)N(C)C1=O. The first-order valence-electron chi connectivity index (χ1n) is 25.3. The normalized spacial score (nSPS) is 27.9. The zero-order valence-corrected chi connectivity index (χ0v) is 41.8. The van der Waals surface area contributed by atoms with E-state index in [9.17, 15) is 38.8 Å². The largest absolute Gasteiger partial charge is 0.451 e. The summed E-state index contributed by atoms with van der Waals surface area (Å²) in [5.41, 5.74) is 0. The first-order valence-corrected chi connectivity index (χ1v) is 25.3. The van der Waals surface area contributed by atoms with E-state index >= 15 is 0 Å². The van der Waals surface area contributed by atoms with E-state index in [1.807, 2.05) is 40.7 Å². The van der Waals surface area contributed by atoms with Gasteiger partial charge in [0.05, 0.1) is 12.1 Å². The minimum atomic E-state index is -1.44. The molecule has 0 spiro atoms. The number of Topliss-reactive ketones (excluding diaryl/α,β-unsaturated/α-hetero) is 1. The second kappa shape index (κ2) is 27.6. The molecule has 2 aliphatic carbocycles. The second-order valence-corrected chi connectivity index (χ2v) is 20.9. The molecule has 1 saturated heterocycles. The molecule has 3 rings (SSSR count). The van der Waals surface area contributed by atoms with Gasteiger partial charge < -0.3 is 30.1 Å². The summed E-state index contributed by atoms with van der Waals surface area (Å²) in [6.45, 7) is 13.6. The number of cyclic esters (lactones) is 1. The molecule has 3 fully saturated rings. The van der Waals surface area contributed by atoms with Crippen LogP contribution in [-0.4, -0.2) is 113 Å². The van der Waals surface area contributed by atoms with E-state index in [1.165, 1.54) is 28.7 Å². The van der Waals surface area contributed by atoms with Gasteiger partial charge in [0.1, 0.15) is 24.2 Å². The van der Waals surface area contributed by atoms with Crippen LogP contribution < -0.4 is 10.6 Å². The summed E-state index contributed by atoms with van der Waals surface area (Å²) in [4.78, 5) is 106. The average molecular weight is 911 g/mol. The van der Waals surface area contributed by atoms with Gasteiger partial charge in [0.15, 0.2) is 11.9 Å². The Morgan fingerprint density at radius 3 is 1.77 bits per heavy atom. The van der Waals surface area contributed by atoms with Gasteiger partial charge in [-0.15, -0.1) is 0 Å². The van der Waals surface area contributed by atoms with Crippen LogP contribution in [0.25, 0.3) is 0 Å². The number of carbonyl (C=O) groups excluding carboxylic acids is 7. The Morgan fingerprint density at radius 1 is 0.677 bits per heavy atom. The fourth-order valence-electron chi connectivity index (χ4n) is 10.3. The highest BCUT2D eigenvalue weighted by molar-refractivity contribution is 5.97. The third kappa shape index (κ3) is 17.3. The topological polar surface area (TPSA) is 186 Å². The highest BCUT2D eigenvalue weighted by atomic mass is 16.5. The summed E-state index contributed by atoms with van der Waals surface area (Å²) in [7, 11) is 4.69. The van der Waals surface area contributed by atoms with E-state index in [-0.39, 0.29) is 60.5 Å². The Kier molecular flexibility index (Phi) is 23.5. The molecule has 0 aromatic rings. The standard InChI is InChI=1S/C51H86N6O8/c1-11-12-20-35(6)29-40-49(62)55(8)36(7)51(64)65-45(25-19-26-52)47(60)54-41(30-37-21-15-13-16-22-37)50(63)56(9)42(28-34(4)5)44(58)32-39(27-33(2)3)48(61)57(10)43(46(59)53-40)31-38-23-17-14-18-24-38/h33-43,45H,11-25,27-32H2,1-10H3,(H,53,59)(H,54,60)/t35-,36+,39-,40?,41+,42+,43+,45-/m1/s1. The maximum atomic E-state index is 14.9. The molecule has 65 heavy (non-hydrogen) atoms. The zero-order valence-electron chi connectivity index (χ0n) is 41.8. The van der Waals surface area contributed by atoms with Crippen molar-refractivity contribution < 1.29 is 38.3 Å². The van der Waals surface area contributed by atoms with Gasteiger partial charge in [0.2, 0.25) is 23.6 Å². The predicted molar refractivity (Wildman–Crippen MR) is 252 cm³/mol. The fourth-order valence-corrected chi connectivity index (χ4v) is 10.3. The summed E-state index contributed by atoms with van der Waals surface area (Å²) in [6.07, 6.45) is 12.5. The monoisotopic (exact) mass is 911 g/mol. The molecule has 0 aromatic heterocycles. The van der Waals surface area contributed by atoms with Crippen molar-refractivity contribution >= 4 is 41.3 Å². The van der Waals surface area contributed by atoms with E-state index < -0.39 is 71.8 Å². The van der Waals surface area contributed by atoms with Gasteiger partial charge in [-0.05, 0) is 68.6 Å². The van der Waals surface area contributed by atoms with Crippen LogP contribution >= 0.6 is 0 Å². The average Bonchev–Trinajstić information content (AvgIpc) is 3.28. The molecule has 3 aliphatic rings. The molecule has 1 unspecified atom stereocenters. The summed E-state index contributed by atoms with van der Waals surface area (Å²) < 4.78 is 5.84. The quantitative estimate of drug-likeness (QED) is 0.157. The van der Waals surface area contributed by atoms with Gasteiger partial charge >= 0.3 is 5.97 Å². The molecule has 1 heterocycles. The molecule has 0 aromatic carbocycles. The van der Waals surface area contributed by atoms with E-state index in [0.717, 1.165) is 83.5 Å². The van der Waals surface area contributed by atoms with Gasteiger partial charge in [0.25, 0.3) is 5.91 Å². The highest BCUT2D eigenvalue weighted by Crippen LogP contribution is 2.32. The van der Waals surface area contributed by atoms with E-state index in [1.54, 1.807) is 14.1 Å². The number of carbonyl (C=O) groups is 7. The minimum Gasteiger partial charge on any atom is -0.451 e. The number of likely N-dealkylation sites (N-methyl/N-ethyl adjacent to an activating group) is 3. The van der Waals surface area contributed by atoms with E-state index in [2.05, 4.69) is 17.6 Å². The van der Waals surface area contributed by atoms with Crippen LogP contribution in [0.5, 0.6) is 0 Å². The van der Waals surface area contributed by atoms with Crippen molar-refractivity contribution in [3.05, 3.63) is 0 Å².